The lowest BCUT2D eigenvalue weighted by Gasteiger charge is -2.16. The van der Waals surface area contributed by atoms with Crippen LogP contribution in [0.5, 0.6) is 17.2 Å². The van der Waals surface area contributed by atoms with E-state index in [9.17, 15) is 4.79 Å². The van der Waals surface area contributed by atoms with Crippen molar-refractivity contribution in [3.63, 3.8) is 0 Å². The second kappa shape index (κ2) is 8.97. The molecule has 25 heavy (non-hydrogen) atoms. The maximum Gasteiger partial charge on any atom is 0.258 e. The van der Waals surface area contributed by atoms with E-state index in [1.54, 1.807) is 7.11 Å². The zero-order valence-corrected chi connectivity index (χ0v) is 15.2. The number of carbonyl (C=O) groups is 1. The van der Waals surface area contributed by atoms with Crippen LogP contribution in [0.15, 0.2) is 42.5 Å². The first-order chi connectivity index (χ1) is 12.0. The molecule has 0 spiro atoms. The van der Waals surface area contributed by atoms with Crippen molar-refractivity contribution in [2.75, 3.05) is 20.3 Å². The van der Waals surface area contributed by atoms with E-state index in [4.69, 9.17) is 14.2 Å². The number of carbonyl (C=O) groups excluding carboxylic acids is 1. The van der Waals surface area contributed by atoms with Crippen LogP contribution in [0.4, 0.5) is 0 Å². The van der Waals surface area contributed by atoms with Crippen molar-refractivity contribution in [1.29, 1.82) is 0 Å². The van der Waals surface area contributed by atoms with Gasteiger partial charge >= 0.3 is 0 Å². The van der Waals surface area contributed by atoms with Crippen LogP contribution < -0.4 is 19.5 Å². The fourth-order valence-corrected chi connectivity index (χ4v) is 2.42. The first kappa shape index (κ1) is 18.6. The summed E-state index contributed by atoms with van der Waals surface area (Å²) in [5.74, 6) is 2.03. The molecule has 0 unspecified atom stereocenters. The molecule has 0 aliphatic carbocycles. The van der Waals surface area contributed by atoms with Crippen molar-refractivity contribution < 1.29 is 19.0 Å². The third-order valence-corrected chi connectivity index (χ3v) is 3.53. The normalized spacial score (nSPS) is 11.5. The van der Waals surface area contributed by atoms with Crippen LogP contribution in [0.25, 0.3) is 0 Å². The number of nitrogens with one attached hydrogen (secondary N) is 1. The van der Waals surface area contributed by atoms with Gasteiger partial charge in [-0.05, 0) is 68.3 Å². The molecule has 0 aliphatic heterocycles. The minimum atomic E-state index is -0.176. The SMILES string of the molecule is COc1ccc(OC[C@H](C)NC(=O)COc2cc(C)cc(C)c2)cc1. The maximum absolute atomic E-state index is 12.0. The molecule has 1 amide bonds. The molecule has 1 atom stereocenters. The lowest BCUT2D eigenvalue weighted by atomic mass is 10.1. The fraction of sp³-hybridized carbons (Fsp3) is 0.350. The first-order valence-electron chi connectivity index (χ1n) is 8.23. The van der Waals surface area contributed by atoms with Gasteiger partial charge in [-0.3, -0.25) is 4.79 Å². The summed E-state index contributed by atoms with van der Waals surface area (Å²) in [4.78, 5) is 12.0. The first-order valence-corrected chi connectivity index (χ1v) is 8.23. The van der Waals surface area contributed by atoms with E-state index < -0.39 is 0 Å². The van der Waals surface area contributed by atoms with E-state index in [2.05, 4.69) is 11.4 Å². The Morgan fingerprint density at radius 2 is 1.56 bits per heavy atom. The molecule has 0 bridgehead atoms. The van der Waals surface area contributed by atoms with Crippen LogP contribution in [0.2, 0.25) is 0 Å². The third-order valence-electron chi connectivity index (χ3n) is 3.53. The second-order valence-electron chi connectivity index (χ2n) is 6.07. The Kier molecular flexibility index (Phi) is 6.69. The van der Waals surface area contributed by atoms with Gasteiger partial charge in [0.1, 0.15) is 23.9 Å². The van der Waals surface area contributed by atoms with Gasteiger partial charge in [-0.25, -0.2) is 0 Å². The number of hydrogen-bond acceptors (Lipinski definition) is 4. The molecule has 0 heterocycles. The molecular formula is C20H25NO4. The van der Waals surface area contributed by atoms with Crippen LogP contribution in [-0.2, 0) is 4.79 Å². The number of methoxy groups -OCH3 is 1. The highest BCUT2D eigenvalue weighted by Crippen LogP contribution is 2.17. The third kappa shape index (κ3) is 6.37. The highest BCUT2D eigenvalue weighted by molar-refractivity contribution is 5.77. The van der Waals surface area contributed by atoms with Crippen molar-refractivity contribution in [3.8, 4) is 17.2 Å². The van der Waals surface area contributed by atoms with Gasteiger partial charge in [-0.2, -0.15) is 0 Å². The number of benzene rings is 2. The van der Waals surface area contributed by atoms with Crippen molar-refractivity contribution in [1.82, 2.24) is 5.32 Å². The summed E-state index contributed by atoms with van der Waals surface area (Å²) in [6.45, 7) is 6.24. The number of aryl methyl sites for hydroxylation is 2. The summed E-state index contributed by atoms with van der Waals surface area (Å²) in [5.41, 5.74) is 2.22. The van der Waals surface area contributed by atoms with Gasteiger partial charge in [-0.1, -0.05) is 6.07 Å². The molecule has 0 saturated heterocycles. The van der Waals surface area contributed by atoms with Crippen molar-refractivity contribution >= 4 is 5.91 Å². The summed E-state index contributed by atoms with van der Waals surface area (Å²) in [5, 5.41) is 2.86. The molecular weight excluding hydrogens is 318 g/mol. The number of amides is 1. The summed E-state index contributed by atoms with van der Waals surface area (Å²) < 4.78 is 16.3. The van der Waals surface area contributed by atoms with Gasteiger partial charge < -0.3 is 19.5 Å². The Balaban J connectivity index is 1.73. The number of ether oxygens (including phenoxy) is 3. The molecule has 0 radical (unpaired) electrons. The van der Waals surface area contributed by atoms with E-state index in [-0.39, 0.29) is 18.6 Å². The molecule has 2 rings (SSSR count). The van der Waals surface area contributed by atoms with Crippen LogP contribution in [0.1, 0.15) is 18.1 Å². The van der Waals surface area contributed by atoms with Crippen LogP contribution >= 0.6 is 0 Å². The smallest absolute Gasteiger partial charge is 0.258 e. The molecule has 134 valence electrons. The standard InChI is InChI=1S/C20H25NO4/c1-14-9-15(2)11-19(10-14)25-13-20(22)21-16(3)12-24-18-7-5-17(23-4)6-8-18/h5-11,16H,12-13H2,1-4H3,(H,21,22)/t16-/m0/s1. The Morgan fingerprint density at radius 1 is 0.960 bits per heavy atom. The lowest BCUT2D eigenvalue weighted by Crippen LogP contribution is -2.39. The van der Waals surface area contributed by atoms with Gasteiger partial charge in [0.25, 0.3) is 5.91 Å². The minimum absolute atomic E-state index is 0.0181. The quantitative estimate of drug-likeness (QED) is 0.799. The zero-order chi connectivity index (χ0) is 18.2. The summed E-state index contributed by atoms with van der Waals surface area (Å²) >= 11 is 0. The Hall–Kier alpha value is -2.69. The van der Waals surface area contributed by atoms with E-state index in [1.165, 1.54) is 0 Å². The van der Waals surface area contributed by atoms with E-state index >= 15 is 0 Å². The number of rotatable bonds is 8. The maximum atomic E-state index is 12.0. The van der Waals surface area contributed by atoms with Gasteiger partial charge in [0.15, 0.2) is 6.61 Å². The van der Waals surface area contributed by atoms with Crippen LogP contribution in [-0.4, -0.2) is 32.3 Å². The molecule has 0 aromatic heterocycles. The lowest BCUT2D eigenvalue weighted by molar-refractivity contribution is -0.123. The molecule has 2 aromatic rings. The molecule has 1 N–H and O–H groups in total. The van der Waals surface area contributed by atoms with E-state index in [0.29, 0.717) is 12.4 Å². The van der Waals surface area contributed by atoms with Crippen molar-refractivity contribution in [3.05, 3.63) is 53.6 Å². The molecule has 5 nitrogen and oxygen atoms in total. The minimum Gasteiger partial charge on any atom is -0.497 e. The largest absolute Gasteiger partial charge is 0.497 e. The zero-order valence-electron chi connectivity index (χ0n) is 15.2. The molecule has 0 aliphatic rings. The molecule has 2 aromatic carbocycles. The average molecular weight is 343 g/mol. The van der Waals surface area contributed by atoms with Gasteiger partial charge in [-0.15, -0.1) is 0 Å². The highest BCUT2D eigenvalue weighted by Gasteiger charge is 2.09. The van der Waals surface area contributed by atoms with Gasteiger partial charge in [0, 0.05) is 0 Å². The predicted octanol–water partition coefficient (Wildman–Crippen LogP) is 3.27. The van der Waals surface area contributed by atoms with Crippen LogP contribution in [0, 0.1) is 13.8 Å². The molecule has 0 fully saturated rings. The fourth-order valence-electron chi connectivity index (χ4n) is 2.42. The monoisotopic (exact) mass is 343 g/mol. The van der Waals surface area contributed by atoms with E-state index in [1.807, 2.05) is 57.2 Å². The topological polar surface area (TPSA) is 56.8 Å². The van der Waals surface area contributed by atoms with Gasteiger partial charge in [0.2, 0.25) is 0 Å². The summed E-state index contributed by atoms with van der Waals surface area (Å²) in [6.07, 6.45) is 0. The summed E-state index contributed by atoms with van der Waals surface area (Å²) in [7, 11) is 1.62. The van der Waals surface area contributed by atoms with E-state index in [0.717, 1.165) is 22.6 Å². The van der Waals surface area contributed by atoms with Crippen LogP contribution in [0.3, 0.4) is 0 Å². The highest BCUT2D eigenvalue weighted by atomic mass is 16.5. The Labute approximate surface area is 148 Å². The second-order valence-corrected chi connectivity index (χ2v) is 6.07. The molecule has 0 saturated carbocycles. The number of hydrogen-bond donors (Lipinski definition) is 1. The molecule has 5 heteroatoms. The predicted molar refractivity (Wildman–Crippen MR) is 97.5 cm³/mol. The van der Waals surface area contributed by atoms with Crippen molar-refractivity contribution in [2.24, 2.45) is 0 Å². The average Bonchev–Trinajstić information content (AvgIpc) is 2.58. The Morgan fingerprint density at radius 3 is 2.16 bits per heavy atom. The van der Waals surface area contributed by atoms with Crippen molar-refractivity contribution in [2.45, 2.75) is 26.8 Å². The Bertz CT molecular complexity index is 677. The van der Waals surface area contributed by atoms with Gasteiger partial charge in [0.05, 0.1) is 13.2 Å². The summed E-state index contributed by atoms with van der Waals surface area (Å²) in [6, 6.07) is 13.1.